The largest absolute Gasteiger partial charge is 0.474 e. The van der Waals surface area contributed by atoms with Crippen LogP contribution in [0.25, 0.3) is 0 Å². The van der Waals surface area contributed by atoms with Crippen molar-refractivity contribution >= 4 is 29.5 Å². The summed E-state index contributed by atoms with van der Waals surface area (Å²) in [7, 11) is 3.34. The van der Waals surface area contributed by atoms with Gasteiger partial charge in [0.25, 0.3) is 0 Å². The molecular formula is C30H47ClN4O5. The van der Waals surface area contributed by atoms with Gasteiger partial charge in [0, 0.05) is 38.8 Å². The second-order valence-electron chi connectivity index (χ2n) is 12.0. The van der Waals surface area contributed by atoms with E-state index in [1.54, 1.807) is 45.8 Å². The van der Waals surface area contributed by atoms with Crippen LogP contribution in [0.15, 0.2) is 24.9 Å². The van der Waals surface area contributed by atoms with Crippen LogP contribution in [0, 0.1) is 5.92 Å². The lowest BCUT2D eigenvalue weighted by Gasteiger charge is -2.34. The Hall–Kier alpha value is -2.81. The minimum absolute atomic E-state index is 0.0990. The fraction of sp³-hybridized carbons (Fsp3) is 0.667. The summed E-state index contributed by atoms with van der Waals surface area (Å²) >= 11 is 6.29. The number of allylic oxidation sites excluding steroid dienone is 1. The molecule has 9 nitrogen and oxygen atoms in total. The van der Waals surface area contributed by atoms with Gasteiger partial charge in [0.15, 0.2) is 0 Å². The van der Waals surface area contributed by atoms with Crippen LogP contribution in [0.5, 0.6) is 5.88 Å². The minimum atomic E-state index is -0.868. The highest BCUT2D eigenvalue weighted by molar-refractivity contribution is 6.30. The number of carbonyl (C=O) groups excluding carboxylic acids is 3. The van der Waals surface area contributed by atoms with Crippen LogP contribution in [0.3, 0.4) is 0 Å². The molecule has 1 aromatic heterocycles. The number of ether oxygens (including phenoxy) is 2. The number of likely N-dealkylation sites (N-methyl/N-ethyl adjacent to an activating group) is 2. The van der Waals surface area contributed by atoms with Crippen molar-refractivity contribution in [3.05, 3.63) is 35.5 Å². The van der Waals surface area contributed by atoms with E-state index in [0.29, 0.717) is 29.4 Å². The van der Waals surface area contributed by atoms with Crippen molar-refractivity contribution in [1.29, 1.82) is 0 Å². The Labute approximate surface area is 244 Å². The zero-order chi connectivity index (χ0) is 30.0. The number of nitrogens with one attached hydrogen (secondary N) is 1. The van der Waals surface area contributed by atoms with Crippen molar-refractivity contribution in [1.82, 2.24) is 20.1 Å². The molecule has 0 aliphatic heterocycles. The second kappa shape index (κ2) is 15.3. The number of alkyl carbamates (subject to hydrolysis) is 1. The van der Waals surface area contributed by atoms with Crippen LogP contribution in [-0.2, 0) is 20.7 Å². The quantitative estimate of drug-likeness (QED) is 0.221. The Morgan fingerprint density at radius 2 is 1.88 bits per heavy atom. The number of nitrogens with zero attached hydrogens (tertiary/aromatic N) is 3. The zero-order valence-electron chi connectivity index (χ0n) is 25.2. The van der Waals surface area contributed by atoms with Crippen LogP contribution in [0.2, 0.25) is 5.02 Å². The summed E-state index contributed by atoms with van der Waals surface area (Å²) in [4.78, 5) is 47.8. The van der Waals surface area contributed by atoms with Gasteiger partial charge in [0.2, 0.25) is 17.7 Å². The first kappa shape index (κ1) is 33.4. The number of halogens is 1. The van der Waals surface area contributed by atoms with Gasteiger partial charge < -0.3 is 24.6 Å². The molecule has 10 heteroatoms. The zero-order valence-corrected chi connectivity index (χ0v) is 25.9. The lowest BCUT2D eigenvalue weighted by molar-refractivity contribution is -0.145. The van der Waals surface area contributed by atoms with Crippen LogP contribution >= 0.6 is 11.6 Å². The predicted octanol–water partition coefficient (Wildman–Crippen LogP) is 5.40. The Kier molecular flexibility index (Phi) is 12.7. The molecule has 1 N–H and O–H groups in total. The van der Waals surface area contributed by atoms with Gasteiger partial charge in [-0.25, -0.2) is 9.78 Å². The average molecular weight is 579 g/mol. The topological polar surface area (TPSA) is 101 Å². The molecule has 0 aromatic carbocycles. The maximum atomic E-state index is 13.9. The molecule has 0 bridgehead atoms. The number of amides is 3. The molecule has 40 heavy (non-hydrogen) atoms. The molecular weight excluding hydrogens is 532 g/mol. The highest BCUT2D eigenvalue weighted by Gasteiger charge is 2.36. The third-order valence-corrected chi connectivity index (χ3v) is 6.64. The summed E-state index contributed by atoms with van der Waals surface area (Å²) in [5.74, 6) is -0.0653. The van der Waals surface area contributed by atoms with Crippen molar-refractivity contribution in [2.24, 2.45) is 5.92 Å². The summed E-state index contributed by atoms with van der Waals surface area (Å²) in [5, 5.41) is 3.15. The Balaban J connectivity index is 2.36. The van der Waals surface area contributed by atoms with Gasteiger partial charge in [-0.05, 0) is 71.3 Å². The number of aromatic nitrogens is 1. The maximum absolute atomic E-state index is 13.9. The van der Waals surface area contributed by atoms with E-state index < -0.39 is 23.8 Å². The molecule has 1 aliphatic carbocycles. The molecule has 1 aromatic rings. The Morgan fingerprint density at radius 3 is 2.45 bits per heavy atom. The van der Waals surface area contributed by atoms with Gasteiger partial charge in [-0.3, -0.25) is 9.59 Å². The van der Waals surface area contributed by atoms with Crippen LogP contribution < -0.4 is 10.1 Å². The molecule has 0 unspecified atom stereocenters. The fourth-order valence-electron chi connectivity index (χ4n) is 4.21. The van der Waals surface area contributed by atoms with Gasteiger partial charge in [-0.15, -0.1) is 6.58 Å². The molecule has 1 fully saturated rings. The van der Waals surface area contributed by atoms with E-state index >= 15 is 0 Å². The van der Waals surface area contributed by atoms with Gasteiger partial charge in [0.05, 0.1) is 5.02 Å². The Morgan fingerprint density at radius 1 is 1.20 bits per heavy atom. The van der Waals surface area contributed by atoms with E-state index in [9.17, 15) is 14.4 Å². The Bertz CT molecular complexity index is 1020. The number of hydrogen-bond acceptors (Lipinski definition) is 6. The van der Waals surface area contributed by atoms with Crippen molar-refractivity contribution in [3.8, 4) is 5.88 Å². The average Bonchev–Trinajstić information content (AvgIpc) is 3.67. The van der Waals surface area contributed by atoms with Crippen molar-refractivity contribution in [2.45, 2.75) is 103 Å². The summed E-state index contributed by atoms with van der Waals surface area (Å²) in [6.45, 7) is 13.5. The van der Waals surface area contributed by atoms with E-state index in [4.69, 9.17) is 21.1 Å². The minimum Gasteiger partial charge on any atom is -0.474 e. The molecule has 3 amide bonds. The standard InChI is InChI=1S/C30H47ClN4O5/c1-9-10-11-12-15-34(7)28(37)25(18-21-17-22(31)19-32-26(21)39-23-13-14-23)35(8)27(36)24(16-20(2)3)33-29(38)40-30(4,5)6/h9,17,19-20,23-25H,1,10-16,18H2,2-8H3,(H,33,38)/t24-,25-/m0/s1. The number of pyridine rings is 1. The molecule has 1 heterocycles. The van der Waals surface area contributed by atoms with Crippen LogP contribution in [-0.4, -0.2) is 77.1 Å². The fourth-order valence-corrected chi connectivity index (χ4v) is 4.39. The van der Waals surface area contributed by atoms with Gasteiger partial charge in [-0.1, -0.05) is 31.5 Å². The molecule has 1 aliphatic rings. The molecule has 1 saturated carbocycles. The third kappa shape index (κ3) is 11.4. The number of rotatable bonds is 15. The van der Waals surface area contributed by atoms with E-state index in [0.717, 1.165) is 32.1 Å². The summed E-state index contributed by atoms with van der Waals surface area (Å²) in [6.07, 6.45) is 7.83. The smallest absolute Gasteiger partial charge is 0.408 e. The highest BCUT2D eigenvalue weighted by Crippen LogP contribution is 2.30. The second-order valence-corrected chi connectivity index (χ2v) is 12.4. The predicted molar refractivity (Wildman–Crippen MR) is 157 cm³/mol. The number of hydrogen-bond donors (Lipinski definition) is 1. The molecule has 224 valence electrons. The van der Waals surface area contributed by atoms with E-state index in [-0.39, 0.29) is 30.3 Å². The van der Waals surface area contributed by atoms with Crippen molar-refractivity contribution in [3.63, 3.8) is 0 Å². The van der Waals surface area contributed by atoms with E-state index in [2.05, 4.69) is 16.9 Å². The normalized spacial score (nSPS) is 14.7. The highest BCUT2D eigenvalue weighted by atomic mass is 35.5. The van der Waals surface area contributed by atoms with Crippen LogP contribution in [0.1, 0.15) is 78.7 Å². The van der Waals surface area contributed by atoms with Crippen LogP contribution in [0.4, 0.5) is 4.79 Å². The summed E-state index contributed by atoms with van der Waals surface area (Å²) in [5.41, 5.74) is -0.0656. The molecule has 0 saturated heterocycles. The first-order valence-electron chi connectivity index (χ1n) is 14.1. The maximum Gasteiger partial charge on any atom is 0.408 e. The summed E-state index contributed by atoms with van der Waals surface area (Å²) in [6, 6.07) is 0.000926. The molecule has 2 atom stereocenters. The third-order valence-electron chi connectivity index (χ3n) is 6.43. The lowest BCUT2D eigenvalue weighted by Crippen LogP contribution is -2.56. The monoisotopic (exact) mass is 578 g/mol. The molecule has 0 radical (unpaired) electrons. The van der Waals surface area contributed by atoms with Gasteiger partial charge in [-0.2, -0.15) is 0 Å². The van der Waals surface area contributed by atoms with Gasteiger partial charge >= 0.3 is 6.09 Å². The first-order valence-corrected chi connectivity index (χ1v) is 14.5. The molecule has 0 spiro atoms. The molecule has 2 rings (SSSR count). The number of carbonyl (C=O) groups is 3. The van der Waals surface area contributed by atoms with Crippen molar-refractivity contribution < 1.29 is 23.9 Å². The van der Waals surface area contributed by atoms with E-state index in [1.165, 1.54) is 11.1 Å². The summed E-state index contributed by atoms with van der Waals surface area (Å²) < 4.78 is 11.4. The SMILES string of the molecule is C=CCCCCN(C)C(=O)[C@H](Cc1cc(Cl)cnc1OC1CC1)N(C)C(=O)[C@H](CC(C)C)NC(=O)OC(C)(C)C. The van der Waals surface area contributed by atoms with Gasteiger partial charge in [0.1, 0.15) is 23.8 Å². The first-order chi connectivity index (χ1) is 18.7. The lowest BCUT2D eigenvalue weighted by atomic mass is 10.00. The van der Waals surface area contributed by atoms with E-state index in [1.807, 2.05) is 19.9 Å². The van der Waals surface area contributed by atoms with Crippen molar-refractivity contribution in [2.75, 3.05) is 20.6 Å². The number of unbranched alkanes of at least 4 members (excludes halogenated alkanes) is 2.